The molecule has 3 aromatic rings. The molecule has 0 spiro atoms. The number of hydrogen-bond acceptors (Lipinski definition) is 3. The van der Waals surface area contributed by atoms with E-state index in [9.17, 15) is 9.59 Å². The van der Waals surface area contributed by atoms with Gasteiger partial charge in [0.15, 0.2) is 6.10 Å². The van der Waals surface area contributed by atoms with Crippen LogP contribution in [0.5, 0.6) is 0 Å². The van der Waals surface area contributed by atoms with E-state index in [-0.39, 0.29) is 5.91 Å². The first kappa shape index (κ1) is 21.4. The van der Waals surface area contributed by atoms with E-state index in [2.05, 4.69) is 0 Å². The molecule has 1 atom stereocenters. The van der Waals surface area contributed by atoms with Crippen molar-refractivity contribution in [1.82, 2.24) is 9.47 Å². The van der Waals surface area contributed by atoms with Crippen LogP contribution in [0.3, 0.4) is 0 Å². The van der Waals surface area contributed by atoms with Crippen LogP contribution in [0.25, 0.3) is 5.69 Å². The third-order valence-electron chi connectivity index (χ3n) is 5.21. The van der Waals surface area contributed by atoms with E-state index in [1.54, 1.807) is 18.9 Å². The lowest BCUT2D eigenvalue weighted by atomic mass is 10.2. The smallest absolute Gasteiger partial charge is 0.340 e. The second-order valence-corrected chi connectivity index (χ2v) is 7.68. The first-order valence-corrected chi connectivity index (χ1v) is 10.0. The Kier molecular flexibility index (Phi) is 6.40. The number of carbonyl (C=O) groups excluding carboxylic acids is 2. The topological polar surface area (TPSA) is 51.5 Å². The number of likely N-dealkylation sites (N-methyl/N-ethyl adjacent to an activating group) is 1. The number of benzene rings is 2. The van der Waals surface area contributed by atoms with E-state index in [4.69, 9.17) is 4.74 Å². The SMILES string of the molecule is Cc1ccc(-n2c(C)cc(C(=O)O[C@H](C)C(=O)N(C)Cc3ccccc3)c2C)cc1. The van der Waals surface area contributed by atoms with Gasteiger partial charge in [-0.15, -0.1) is 0 Å². The molecule has 0 saturated carbocycles. The predicted octanol–water partition coefficient (Wildman–Crippen LogP) is 4.61. The molecule has 1 aromatic heterocycles. The molecule has 0 unspecified atom stereocenters. The van der Waals surface area contributed by atoms with E-state index < -0.39 is 12.1 Å². The normalized spacial score (nSPS) is 11.8. The van der Waals surface area contributed by atoms with Crippen molar-refractivity contribution in [2.24, 2.45) is 0 Å². The lowest BCUT2D eigenvalue weighted by molar-refractivity contribution is -0.139. The summed E-state index contributed by atoms with van der Waals surface area (Å²) in [6, 6.07) is 19.6. The molecule has 0 saturated heterocycles. The number of ether oxygens (including phenoxy) is 1. The van der Waals surface area contributed by atoms with E-state index in [0.29, 0.717) is 12.1 Å². The van der Waals surface area contributed by atoms with Crippen LogP contribution < -0.4 is 0 Å². The van der Waals surface area contributed by atoms with Gasteiger partial charge in [-0.25, -0.2) is 4.79 Å². The highest BCUT2D eigenvalue weighted by Crippen LogP contribution is 2.22. The lowest BCUT2D eigenvalue weighted by Crippen LogP contribution is -2.37. The molecule has 0 aliphatic heterocycles. The largest absolute Gasteiger partial charge is 0.449 e. The van der Waals surface area contributed by atoms with Gasteiger partial charge in [-0.2, -0.15) is 0 Å². The predicted molar refractivity (Wildman–Crippen MR) is 118 cm³/mol. The zero-order valence-electron chi connectivity index (χ0n) is 18.2. The van der Waals surface area contributed by atoms with Gasteiger partial charge < -0.3 is 14.2 Å². The van der Waals surface area contributed by atoms with Crippen molar-refractivity contribution >= 4 is 11.9 Å². The van der Waals surface area contributed by atoms with Crippen molar-refractivity contribution in [2.75, 3.05) is 7.05 Å². The minimum absolute atomic E-state index is 0.237. The molecule has 5 heteroatoms. The van der Waals surface area contributed by atoms with Gasteiger partial charge in [0.05, 0.1) is 5.56 Å². The Morgan fingerprint density at radius 3 is 2.27 bits per heavy atom. The number of aryl methyl sites for hydroxylation is 2. The summed E-state index contributed by atoms with van der Waals surface area (Å²) in [6.45, 7) is 7.95. The average molecular weight is 405 g/mol. The monoisotopic (exact) mass is 404 g/mol. The summed E-state index contributed by atoms with van der Waals surface area (Å²) in [7, 11) is 1.71. The van der Waals surface area contributed by atoms with Gasteiger partial charge in [0.25, 0.3) is 5.91 Å². The van der Waals surface area contributed by atoms with Gasteiger partial charge in [0.1, 0.15) is 0 Å². The zero-order chi connectivity index (χ0) is 21.8. The number of aromatic nitrogens is 1. The van der Waals surface area contributed by atoms with Crippen LogP contribution >= 0.6 is 0 Å². The number of carbonyl (C=O) groups is 2. The summed E-state index contributed by atoms with van der Waals surface area (Å²) in [5.74, 6) is -0.727. The van der Waals surface area contributed by atoms with Gasteiger partial charge in [-0.1, -0.05) is 48.0 Å². The van der Waals surface area contributed by atoms with Gasteiger partial charge in [-0.05, 0) is 51.5 Å². The first-order valence-electron chi connectivity index (χ1n) is 10.0. The highest BCUT2D eigenvalue weighted by atomic mass is 16.5. The quantitative estimate of drug-likeness (QED) is 0.564. The van der Waals surface area contributed by atoms with Crippen molar-refractivity contribution < 1.29 is 14.3 Å². The number of rotatable bonds is 6. The molecule has 0 N–H and O–H groups in total. The zero-order valence-corrected chi connectivity index (χ0v) is 18.2. The number of nitrogens with zero attached hydrogens (tertiary/aromatic N) is 2. The van der Waals surface area contributed by atoms with Crippen LogP contribution in [-0.4, -0.2) is 34.5 Å². The molecule has 1 heterocycles. The average Bonchev–Trinajstić information content (AvgIpc) is 3.03. The van der Waals surface area contributed by atoms with Gasteiger partial charge in [-0.3, -0.25) is 4.79 Å². The van der Waals surface area contributed by atoms with E-state index in [1.807, 2.05) is 86.0 Å². The minimum Gasteiger partial charge on any atom is -0.449 e. The molecule has 0 bridgehead atoms. The third kappa shape index (κ3) is 4.62. The molecular formula is C25H28N2O3. The fourth-order valence-electron chi connectivity index (χ4n) is 3.58. The Morgan fingerprint density at radius 2 is 1.63 bits per heavy atom. The highest BCUT2D eigenvalue weighted by molar-refractivity contribution is 5.93. The lowest BCUT2D eigenvalue weighted by Gasteiger charge is -2.21. The van der Waals surface area contributed by atoms with Crippen molar-refractivity contribution in [3.8, 4) is 5.69 Å². The maximum Gasteiger partial charge on any atom is 0.340 e. The summed E-state index contributed by atoms with van der Waals surface area (Å²) in [4.78, 5) is 27.0. The number of esters is 1. The molecular weight excluding hydrogens is 376 g/mol. The maximum absolute atomic E-state index is 12.8. The van der Waals surface area contributed by atoms with Crippen LogP contribution in [0.2, 0.25) is 0 Å². The summed E-state index contributed by atoms with van der Waals surface area (Å²) >= 11 is 0. The Balaban J connectivity index is 1.71. The third-order valence-corrected chi connectivity index (χ3v) is 5.21. The van der Waals surface area contributed by atoms with Crippen LogP contribution in [0.1, 0.15) is 39.8 Å². The van der Waals surface area contributed by atoms with Crippen LogP contribution in [0.4, 0.5) is 0 Å². The highest BCUT2D eigenvalue weighted by Gasteiger charge is 2.25. The van der Waals surface area contributed by atoms with E-state index in [0.717, 1.165) is 22.6 Å². The summed E-state index contributed by atoms with van der Waals surface area (Å²) in [5, 5.41) is 0. The summed E-state index contributed by atoms with van der Waals surface area (Å²) in [6.07, 6.45) is -0.867. The Hall–Kier alpha value is -3.34. The second-order valence-electron chi connectivity index (χ2n) is 7.68. The van der Waals surface area contributed by atoms with Crippen molar-refractivity contribution in [2.45, 2.75) is 40.3 Å². The fraction of sp³-hybridized carbons (Fsp3) is 0.280. The second kappa shape index (κ2) is 8.99. The Labute approximate surface area is 177 Å². The maximum atomic E-state index is 12.8. The molecule has 0 aliphatic rings. The molecule has 2 aromatic carbocycles. The molecule has 30 heavy (non-hydrogen) atoms. The molecule has 5 nitrogen and oxygen atoms in total. The van der Waals surface area contributed by atoms with Crippen molar-refractivity contribution in [1.29, 1.82) is 0 Å². The molecule has 3 rings (SSSR count). The Bertz CT molecular complexity index is 1040. The molecule has 0 fully saturated rings. The molecule has 0 radical (unpaired) electrons. The molecule has 0 aliphatic carbocycles. The Morgan fingerprint density at radius 1 is 1.00 bits per heavy atom. The van der Waals surface area contributed by atoms with Crippen LogP contribution in [-0.2, 0) is 16.1 Å². The van der Waals surface area contributed by atoms with Crippen molar-refractivity contribution in [3.63, 3.8) is 0 Å². The van der Waals surface area contributed by atoms with E-state index >= 15 is 0 Å². The van der Waals surface area contributed by atoms with Gasteiger partial charge in [0.2, 0.25) is 0 Å². The molecule has 1 amide bonds. The van der Waals surface area contributed by atoms with Gasteiger partial charge >= 0.3 is 5.97 Å². The van der Waals surface area contributed by atoms with E-state index in [1.165, 1.54) is 5.56 Å². The number of hydrogen-bond donors (Lipinski definition) is 0. The van der Waals surface area contributed by atoms with Crippen LogP contribution in [0, 0.1) is 20.8 Å². The fourth-order valence-corrected chi connectivity index (χ4v) is 3.58. The first-order chi connectivity index (χ1) is 14.3. The number of amides is 1. The van der Waals surface area contributed by atoms with Crippen LogP contribution in [0.15, 0.2) is 60.7 Å². The standard InChI is InChI=1S/C25H28N2O3/c1-17-11-13-22(14-12-17)27-18(2)15-23(19(27)3)25(29)30-20(4)24(28)26(5)16-21-9-7-6-8-10-21/h6-15,20H,16H2,1-5H3/t20-/m1/s1. The minimum atomic E-state index is -0.867. The molecule has 156 valence electrons. The summed E-state index contributed by atoms with van der Waals surface area (Å²) in [5.41, 5.74) is 5.38. The van der Waals surface area contributed by atoms with Crippen molar-refractivity contribution in [3.05, 3.63) is 88.7 Å². The summed E-state index contributed by atoms with van der Waals surface area (Å²) < 4.78 is 7.54. The van der Waals surface area contributed by atoms with Gasteiger partial charge in [0, 0.05) is 30.7 Å².